The Kier molecular flexibility index (Phi) is 6.76. The van der Waals surface area contributed by atoms with Gasteiger partial charge in [-0.2, -0.15) is 0 Å². The number of hydrogen-bond donors (Lipinski definition) is 1. The van der Waals surface area contributed by atoms with Gasteiger partial charge in [0.05, 0.1) is 6.61 Å². The van der Waals surface area contributed by atoms with Crippen LogP contribution in [0.25, 0.3) is 0 Å². The molecule has 1 aromatic carbocycles. The minimum absolute atomic E-state index is 0.242. The molecule has 0 fully saturated rings. The first-order valence-electron chi connectivity index (χ1n) is 6.81. The molecule has 0 aliphatic carbocycles. The van der Waals surface area contributed by atoms with Crippen LogP contribution in [-0.4, -0.2) is 32.8 Å². The van der Waals surface area contributed by atoms with Gasteiger partial charge in [-0.15, -0.1) is 0 Å². The van der Waals surface area contributed by atoms with Crippen molar-refractivity contribution < 1.29 is 4.74 Å². The summed E-state index contributed by atoms with van der Waals surface area (Å²) < 4.78 is 5.40. The maximum atomic E-state index is 6.05. The second-order valence-electron chi connectivity index (χ2n) is 4.62. The Morgan fingerprint density at radius 3 is 2.67 bits per heavy atom. The summed E-state index contributed by atoms with van der Waals surface area (Å²) >= 11 is 0. The third-order valence-corrected chi connectivity index (χ3v) is 3.18. The van der Waals surface area contributed by atoms with Gasteiger partial charge < -0.3 is 15.4 Å². The van der Waals surface area contributed by atoms with E-state index < -0.39 is 0 Å². The number of para-hydroxylation sites is 1. The standard InChI is InChI=1S/C15H26N2O/c1-4-14(16)12-13-8-6-7-9-15(13)17(3)10-11-18-5-2/h6-9,14H,4-5,10-12,16H2,1-3H3. The molecule has 0 bridgehead atoms. The highest BCUT2D eigenvalue weighted by molar-refractivity contribution is 5.53. The minimum Gasteiger partial charge on any atom is -0.380 e. The van der Waals surface area contributed by atoms with E-state index in [0.29, 0.717) is 0 Å². The Balaban J connectivity index is 2.68. The first-order chi connectivity index (χ1) is 8.69. The number of hydrogen-bond acceptors (Lipinski definition) is 3. The molecule has 0 aliphatic heterocycles. The van der Waals surface area contributed by atoms with Crippen LogP contribution in [0.1, 0.15) is 25.8 Å². The summed E-state index contributed by atoms with van der Waals surface area (Å²) in [5, 5.41) is 0. The lowest BCUT2D eigenvalue weighted by Crippen LogP contribution is -2.26. The highest BCUT2D eigenvalue weighted by Crippen LogP contribution is 2.20. The summed E-state index contributed by atoms with van der Waals surface area (Å²) in [5.74, 6) is 0. The molecule has 0 amide bonds. The average molecular weight is 250 g/mol. The van der Waals surface area contributed by atoms with E-state index in [4.69, 9.17) is 10.5 Å². The van der Waals surface area contributed by atoms with Crippen LogP contribution < -0.4 is 10.6 Å². The van der Waals surface area contributed by atoms with Crippen molar-refractivity contribution in [3.63, 3.8) is 0 Å². The van der Waals surface area contributed by atoms with Gasteiger partial charge in [0.25, 0.3) is 0 Å². The van der Waals surface area contributed by atoms with Crippen molar-refractivity contribution in [2.75, 3.05) is 31.7 Å². The zero-order valence-corrected chi connectivity index (χ0v) is 11.9. The van der Waals surface area contributed by atoms with E-state index in [2.05, 4.69) is 43.1 Å². The van der Waals surface area contributed by atoms with Crippen LogP contribution in [0.3, 0.4) is 0 Å². The predicted octanol–water partition coefficient (Wildman–Crippen LogP) is 2.44. The van der Waals surface area contributed by atoms with E-state index in [1.807, 2.05) is 6.92 Å². The molecular weight excluding hydrogens is 224 g/mol. The summed E-state index contributed by atoms with van der Waals surface area (Å²) in [4.78, 5) is 2.24. The Labute approximate surface area is 111 Å². The van der Waals surface area contributed by atoms with Gasteiger partial charge in [-0.3, -0.25) is 0 Å². The van der Waals surface area contributed by atoms with Crippen molar-refractivity contribution >= 4 is 5.69 Å². The van der Waals surface area contributed by atoms with Gasteiger partial charge in [-0.05, 0) is 31.4 Å². The van der Waals surface area contributed by atoms with E-state index in [9.17, 15) is 0 Å². The molecule has 1 unspecified atom stereocenters. The van der Waals surface area contributed by atoms with Gasteiger partial charge in [0.15, 0.2) is 0 Å². The lowest BCUT2D eigenvalue weighted by molar-refractivity contribution is 0.154. The van der Waals surface area contributed by atoms with Crippen LogP contribution in [0.15, 0.2) is 24.3 Å². The maximum Gasteiger partial charge on any atom is 0.0641 e. The molecular formula is C15H26N2O. The Morgan fingerprint density at radius 1 is 1.28 bits per heavy atom. The number of rotatable bonds is 8. The monoisotopic (exact) mass is 250 g/mol. The third kappa shape index (κ3) is 4.67. The van der Waals surface area contributed by atoms with Crippen molar-refractivity contribution in [1.29, 1.82) is 0 Å². The third-order valence-electron chi connectivity index (χ3n) is 3.18. The number of nitrogens with zero attached hydrogens (tertiary/aromatic N) is 1. The van der Waals surface area contributed by atoms with Crippen molar-refractivity contribution in [2.45, 2.75) is 32.7 Å². The predicted molar refractivity (Wildman–Crippen MR) is 78.2 cm³/mol. The molecule has 0 saturated carbocycles. The number of ether oxygens (including phenoxy) is 1. The van der Waals surface area contributed by atoms with Gasteiger partial charge in [0, 0.05) is 31.9 Å². The first kappa shape index (κ1) is 15.0. The highest BCUT2D eigenvalue weighted by Gasteiger charge is 2.09. The topological polar surface area (TPSA) is 38.5 Å². The van der Waals surface area contributed by atoms with Crippen LogP contribution >= 0.6 is 0 Å². The lowest BCUT2D eigenvalue weighted by Gasteiger charge is -2.23. The SMILES string of the molecule is CCOCCN(C)c1ccccc1CC(N)CC. The number of anilines is 1. The summed E-state index contributed by atoms with van der Waals surface area (Å²) in [6.45, 7) is 6.60. The summed E-state index contributed by atoms with van der Waals surface area (Å²) in [6, 6.07) is 8.72. The van der Waals surface area contributed by atoms with Crippen molar-refractivity contribution in [2.24, 2.45) is 5.73 Å². The molecule has 2 N–H and O–H groups in total. The molecule has 3 heteroatoms. The fourth-order valence-electron chi connectivity index (χ4n) is 1.95. The molecule has 1 atom stereocenters. The van der Waals surface area contributed by atoms with Gasteiger partial charge in [0.1, 0.15) is 0 Å². The van der Waals surface area contributed by atoms with Crippen LogP contribution in [0, 0.1) is 0 Å². The number of nitrogens with two attached hydrogens (primary N) is 1. The van der Waals surface area contributed by atoms with E-state index in [1.165, 1.54) is 11.3 Å². The van der Waals surface area contributed by atoms with Gasteiger partial charge >= 0.3 is 0 Å². The van der Waals surface area contributed by atoms with Gasteiger partial charge in [-0.1, -0.05) is 25.1 Å². The fraction of sp³-hybridized carbons (Fsp3) is 0.600. The van der Waals surface area contributed by atoms with Crippen LogP contribution in [0.4, 0.5) is 5.69 Å². The Hall–Kier alpha value is -1.06. The number of benzene rings is 1. The second kappa shape index (κ2) is 8.11. The molecule has 0 saturated heterocycles. The van der Waals surface area contributed by atoms with Crippen LogP contribution in [0.2, 0.25) is 0 Å². The Bertz CT molecular complexity index is 341. The molecule has 1 rings (SSSR count). The zero-order valence-electron chi connectivity index (χ0n) is 11.9. The fourth-order valence-corrected chi connectivity index (χ4v) is 1.95. The van der Waals surface area contributed by atoms with Crippen molar-refractivity contribution in [3.05, 3.63) is 29.8 Å². The van der Waals surface area contributed by atoms with E-state index in [-0.39, 0.29) is 6.04 Å². The molecule has 18 heavy (non-hydrogen) atoms. The smallest absolute Gasteiger partial charge is 0.0641 e. The Morgan fingerprint density at radius 2 is 2.00 bits per heavy atom. The lowest BCUT2D eigenvalue weighted by atomic mass is 10.0. The quantitative estimate of drug-likeness (QED) is 0.720. The van der Waals surface area contributed by atoms with Gasteiger partial charge in [-0.25, -0.2) is 0 Å². The van der Waals surface area contributed by atoms with Gasteiger partial charge in [0.2, 0.25) is 0 Å². The van der Waals surface area contributed by atoms with E-state index in [0.717, 1.165) is 32.6 Å². The summed E-state index contributed by atoms with van der Waals surface area (Å²) in [7, 11) is 2.11. The second-order valence-corrected chi connectivity index (χ2v) is 4.62. The molecule has 102 valence electrons. The number of likely N-dealkylation sites (N-methyl/N-ethyl adjacent to an activating group) is 1. The normalized spacial score (nSPS) is 12.4. The van der Waals surface area contributed by atoms with Crippen LogP contribution in [0.5, 0.6) is 0 Å². The molecule has 3 nitrogen and oxygen atoms in total. The molecule has 0 aliphatic rings. The summed E-state index contributed by atoms with van der Waals surface area (Å²) in [6.07, 6.45) is 1.95. The molecule has 0 heterocycles. The summed E-state index contributed by atoms with van der Waals surface area (Å²) in [5.41, 5.74) is 8.64. The molecule has 0 radical (unpaired) electrons. The maximum absolute atomic E-state index is 6.05. The minimum atomic E-state index is 0.242. The highest BCUT2D eigenvalue weighted by atomic mass is 16.5. The van der Waals surface area contributed by atoms with Crippen LogP contribution in [-0.2, 0) is 11.2 Å². The first-order valence-corrected chi connectivity index (χ1v) is 6.81. The zero-order chi connectivity index (χ0) is 13.4. The van der Waals surface area contributed by atoms with E-state index in [1.54, 1.807) is 0 Å². The van der Waals surface area contributed by atoms with Crippen molar-refractivity contribution in [1.82, 2.24) is 0 Å². The average Bonchev–Trinajstić information content (AvgIpc) is 2.39. The molecule has 0 aromatic heterocycles. The molecule has 0 spiro atoms. The van der Waals surface area contributed by atoms with E-state index >= 15 is 0 Å². The molecule has 1 aromatic rings. The largest absolute Gasteiger partial charge is 0.380 e. The van der Waals surface area contributed by atoms with Crippen molar-refractivity contribution in [3.8, 4) is 0 Å².